The molecule has 7 heteroatoms. The van der Waals surface area contributed by atoms with Crippen molar-refractivity contribution >= 4 is 11.6 Å². The molecule has 0 fully saturated rings. The van der Waals surface area contributed by atoms with Crippen LogP contribution in [0.2, 0.25) is 0 Å². The third kappa shape index (κ3) is 3.88. The number of halogens is 2. The van der Waals surface area contributed by atoms with Gasteiger partial charge in [0.15, 0.2) is 11.4 Å². The van der Waals surface area contributed by atoms with Crippen LogP contribution in [0.4, 0.5) is 14.5 Å². The van der Waals surface area contributed by atoms with Gasteiger partial charge in [-0.15, -0.1) is 0 Å². The Morgan fingerprint density at radius 3 is 2.58 bits per heavy atom. The molecule has 5 nitrogen and oxygen atoms in total. The third-order valence-corrected chi connectivity index (χ3v) is 3.57. The van der Waals surface area contributed by atoms with Gasteiger partial charge < -0.3 is 10.1 Å². The van der Waals surface area contributed by atoms with E-state index in [-0.39, 0.29) is 22.9 Å². The number of carbonyl (C=O) groups excluding carboxylic acids is 1. The number of para-hydroxylation sites is 1. The predicted octanol–water partition coefficient (Wildman–Crippen LogP) is 4.19. The molecular formula is C19H17F2N3O2. The van der Waals surface area contributed by atoms with Crippen LogP contribution in [-0.2, 0) is 0 Å². The number of amides is 1. The summed E-state index contributed by atoms with van der Waals surface area (Å²) in [4.78, 5) is 12.6. The number of aromatic nitrogens is 2. The lowest BCUT2D eigenvalue weighted by Crippen LogP contribution is -2.15. The monoisotopic (exact) mass is 357 g/mol. The Hall–Kier alpha value is -3.22. The van der Waals surface area contributed by atoms with Crippen LogP contribution >= 0.6 is 0 Å². The standard InChI is InChI=1S/C19H17F2N3O2/c1-2-11-26-17-12-24(14-9-7-13(20)8-10-14)23-18(17)19(25)22-16-6-4-3-5-15(16)21/h3-10,12H,2,11H2,1H3,(H,22,25). The maximum Gasteiger partial charge on any atom is 0.280 e. The lowest BCUT2D eigenvalue weighted by molar-refractivity contribution is 0.101. The molecule has 1 N–H and O–H groups in total. The van der Waals surface area contributed by atoms with Crippen LogP contribution in [0.3, 0.4) is 0 Å². The molecule has 0 aliphatic heterocycles. The minimum absolute atomic E-state index is 0.0195. The number of ether oxygens (including phenoxy) is 1. The summed E-state index contributed by atoms with van der Waals surface area (Å²) < 4.78 is 33.9. The summed E-state index contributed by atoms with van der Waals surface area (Å²) in [6.07, 6.45) is 2.29. The van der Waals surface area contributed by atoms with Crippen molar-refractivity contribution < 1.29 is 18.3 Å². The van der Waals surface area contributed by atoms with Gasteiger partial charge in [0.1, 0.15) is 11.6 Å². The fourth-order valence-corrected chi connectivity index (χ4v) is 2.30. The largest absolute Gasteiger partial charge is 0.489 e. The summed E-state index contributed by atoms with van der Waals surface area (Å²) in [7, 11) is 0. The maximum absolute atomic E-state index is 13.8. The maximum atomic E-state index is 13.8. The van der Waals surface area contributed by atoms with Crippen molar-refractivity contribution in [1.29, 1.82) is 0 Å². The number of carbonyl (C=O) groups is 1. The number of nitrogens with one attached hydrogen (secondary N) is 1. The van der Waals surface area contributed by atoms with E-state index >= 15 is 0 Å². The van der Waals surface area contributed by atoms with Gasteiger partial charge >= 0.3 is 0 Å². The molecule has 0 aliphatic carbocycles. The van der Waals surface area contributed by atoms with Gasteiger partial charge in [-0.2, -0.15) is 5.10 Å². The Kier molecular flexibility index (Phi) is 5.26. The lowest BCUT2D eigenvalue weighted by Gasteiger charge is -2.06. The Bertz CT molecular complexity index is 907. The molecule has 0 bridgehead atoms. The van der Waals surface area contributed by atoms with Crippen LogP contribution in [-0.4, -0.2) is 22.3 Å². The van der Waals surface area contributed by atoms with Crippen LogP contribution in [0.5, 0.6) is 5.75 Å². The molecule has 0 aliphatic rings. The number of nitrogens with zero attached hydrogens (tertiary/aromatic N) is 2. The van der Waals surface area contributed by atoms with Gasteiger partial charge in [0.25, 0.3) is 5.91 Å². The van der Waals surface area contributed by atoms with Gasteiger partial charge in [-0.3, -0.25) is 4.79 Å². The number of benzene rings is 2. The van der Waals surface area contributed by atoms with E-state index in [1.165, 1.54) is 47.1 Å². The van der Waals surface area contributed by atoms with E-state index < -0.39 is 11.7 Å². The fourth-order valence-electron chi connectivity index (χ4n) is 2.30. The Morgan fingerprint density at radius 1 is 1.15 bits per heavy atom. The van der Waals surface area contributed by atoms with Crippen molar-refractivity contribution in [1.82, 2.24) is 9.78 Å². The average Bonchev–Trinajstić information content (AvgIpc) is 3.07. The van der Waals surface area contributed by atoms with Crippen LogP contribution in [0.1, 0.15) is 23.8 Å². The van der Waals surface area contributed by atoms with E-state index in [0.29, 0.717) is 12.3 Å². The highest BCUT2D eigenvalue weighted by molar-refractivity contribution is 6.04. The summed E-state index contributed by atoms with van der Waals surface area (Å²) in [5, 5.41) is 6.71. The highest BCUT2D eigenvalue weighted by Gasteiger charge is 2.20. The van der Waals surface area contributed by atoms with Crippen LogP contribution < -0.4 is 10.1 Å². The topological polar surface area (TPSA) is 56.2 Å². The lowest BCUT2D eigenvalue weighted by atomic mass is 10.3. The second-order valence-electron chi connectivity index (χ2n) is 5.55. The molecule has 0 radical (unpaired) electrons. The zero-order chi connectivity index (χ0) is 18.5. The first-order valence-corrected chi connectivity index (χ1v) is 8.12. The fraction of sp³-hybridized carbons (Fsp3) is 0.158. The summed E-state index contributed by atoms with van der Waals surface area (Å²) >= 11 is 0. The molecule has 3 aromatic rings. The van der Waals surface area contributed by atoms with Crippen molar-refractivity contribution in [2.24, 2.45) is 0 Å². The number of hydrogen-bond donors (Lipinski definition) is 1. The van der Waals surface area contributed by atoms with E-state index in [1.54, 1.807) is 12.3 Å². The SMILES string of the molecule is CCCOc1cn(-c2ccc(F)cc2)nc1C(=O)Nc1ccccc1F. The van der Waals surface area contributed by atoms with Crippen LogP contribution in [0, 0.1) is 11.6 Å². The second-order valence-corrected chi connectivity index (χ2v) is 5.55. The first-order chi connectivity index (χ1) is 12.6. The van der Waals surface area contributed by atoms with Gasteiger partial charge in [0.2, 0.25) is 0 Å². The van der Waals surface area contributed by atoms with Crippen molar-refractivity contribution in [3.05, 3.63) is 72.1 Å². The van der Waals surface area contributed by atoms with Gasteiger partial charge in [0.05, 0.1) is 24.2 Å². The molecule has 1 aromatic heterocycles. The van der Waals surface area contributed by atoms with Gasteiger partial charge in [-0.25, -0.2) is 13.5 Å². The molecule has 26 heavy (non-hydrogen) atoms. The average molecular weight is 357 g/mol. The first kappa shape index (κ1) is 17.6. The molecule has 0 spiro atoms. The zero-order valence-electron chi connectivity index (χ0n) is 14.1. The molecule has 3 rings (SSSR count). The van der Waals surface area contributed by atoms with Gasteiger partial charge in [-0.05, 0) is 42.8 Å². The quantitative estimate of drug-likeness (QED) is 0.720. The first-order valence-electron chi connectivity index (χ1n) is 8.12. The zero-order valence-corrected chi connectivity index (χ0v) is 14.1. The highest BCUT2D eigenvalue weighted by atomic mass is 19.1. The van der Waals surface area contributed by atoms with Crippen molar-refractivity contribution in [2.75, 3.05) is 11.9 Å². The molecule has 2 aromatic carbocycles. The molecule has 134 valence electrons. The Balaban J connectivity index is 1.92. The minimum atomic E-state index is -0.595. The summed E-state index contributed by atoms with van der Waals surface area (Å²) in [5.74, 6) is -1.25. The molecule has 0 saturated heterocycles. The molecule has 0 atom stereocenters. The van der Waals surface area contributed by atoms with Crippen LogP contribution in [0.25, 0.3) is 5.69 Å². The van der Waals surface area contributed by atoms with E-state index in [1.807, 2.05) is 6.92 Å². The summed E-state index contributed by atoms with van der Waals surface area (Å²) in [6.45, 7) is 2.33. The van der Waals surface area contributed by atoms with E-state index in [2.05, 4.69) is 10.4 Å². The second kappa shape index (κ2) is 7.77. The van der Waals surface area contributed by atoms with E-state index in [9.17, 15) is 13.6 Å². The van der Waals surface area contributed by atoms with Crippen molar-refractivity contribution in [3.63, 3.8) is 0 Å². The van der Waals surface area contributed by atoms with Gasteiger partial charge in [0, 0.05) is 0 Å². The number of hydrogen-bond acceptors (Lipinski definition) is 3. The Morgan fingerprint density at radius 2 is 1.88 bits per heavy atom. The van der Waals surface area contributed by atoms with E-state index in [4.69, 9.17) is 4.74 Å². The van der Waals surface area contributed by atoms with Crippen molar-refractivity contribution in [2.45, 2.75) is 13.3 Å². The minimum Gasteiger partial charge on any atom is -0.489 e. The Labute approximate surface area is 149 Å². The number of anilines is 1. The van der Waals surface area contributed by atoms with Gasteiger partial charge in [-0.1, -0.05) is 19.1 Å². The molecule has 1 amide bonds. The number of rotatable bonds is 6. The highest BCUT2D eigenvalue weighted by Crippen LogP contribution is 2.22. The van der Waals surface area contributed by atoms with E-state index in [0.717, 1.165) is 6.42 Å². The molecule has 0 unspecified atom stereocenters. The van der Waals surface area contributed by atoms with Crippen LogP contribution in [0.15, 0.2) is 54.7 Å². The smallest absolute Gasteiger partial charge is 0.280 e. The summed E-state index contributed by atoms with van der Waals surface area (Å²) in [5.41, 5.74) is 0.638. The normalized spacial score (nSPS) is 10.6. The third-order valence-electron chi connectivity index (χ3n) is 3.57. The van der Waals surface area contributed by atoms with Crippen molar-refractivity contribution in [3.8, 4) is 11.4 Å². The molecular weight excluding hydrogens is 340 g/mol. The molecule has 1 heterocycles. The summed E-state index contributed by atoms with van der Waals surface area (Å²) in [6, 6.07) is 11.5. The molecule has 0 saturated carbocycles. The predicted molar refractivity (Wildman–Crippen MR) is 93.7 cm³/mol.